The van der Waals surface area contributed by atoms with Crippen molar-refractivity contribution in [3.05, 3.63) is 0 Å². The van der Waals surface area contributed by atoms with Gasteiger partial charge in [-0.3, -0.25) is 14.5 Å². The topological polar surface area (TPSA) is 93.1 Å². The molecular formula is C9H11NO6. The lowest BCUT2D eigenvalue weighted by atomic mass is 10.2. The first-order valence-electron chi connectivity index (χ1n) is 4.95. The zero-order valence-corrected chi connectivity index (χ0v) is 8.42. The lowest BCUT2D eigenvalue weighted by Gasteiger charge is -2.25. The highest BCUT2D eigenvalue weighted by molar-refractivity contribution is 6.02. The maximum absolute atomic E-state index is 11.4. The molecule has 2 fully saturated rings. The van der Waals surface area contributed by atoms with Crippen LogP contribution in [0.4, 0.5) is 4.79 Å². The van der Waals surface area contributed by atoms with Gasteiger partial charge in [0.25, 0.3) is 0 Å². The van der Waals surface area contributed by atoms with E-state index in [1.807, 2.05) is 0 Å². The first-order valence-corrected chi connectivity index (χ1v) is 4.95. The van der Waals surface area contributed by atoms with Crippen LogP contribution in [0.1, 0.15) is 19.3 Å². The Morgan fingerprint density at radius 2 is 2.00 bits per heavy atom. The van der Waals surface area contributed by atoms with E-state index >= 15 is 0 Å². The molecule has 7 heteroatoms. The van der Waals surface area contributed by atoms with Crippen molar-refractivity contribution >= 4 is 18.0 Å². The molecule has 7 nitrogen and oxygen atoms in total. The van der Waals surface area contributed by atoms with Gasteiger partial charge in [0.2, 0.25) is 11.8 Å². The van der Waals surface area contributed by atoms with Crippen LogP contribution < -0.4 is 0 Å². The van der Waals surface area contributed by atoms with E-state index in [1.54, 1.807) is 0 Å². The van der Waals surface area contributed by atoms with Gasteiger partial charge in [-0.15, -0.1) is 0 Å². The molecule has 0 aliphatic carbocycles. The summed E-state index contributed by atoms with van der Waals surface area (Å²) in [5.74, 6) is -0.674. The Kier molecular flexibility index (Phi) is 2.78. The van der Waals surface area contributed by atoms with Crippen molar-refractivity contribution in [2.24, 2.45) is 0 Å². The summed E-state index contributed by atoms with van der Waals surface area (Å²) in [5.41, 5.74) is 0. The Bertz CT molecular complexity index is 325. The van der Waals surface area contributed by atoms with E-state index in [4.69, 9.17) is 9.84 Å². The Labute approximate surface area is 90.9 Å². The van der Waals surface area contributed by atoms with E-state index in [1.165, 1.54) is 0 Å². The molecule has 88 valence electrons. The van der Waals surface area contributed by atoms with Crippen LogP contribution in [0.15, 0.2) is 0 Å². The fourth-order valence-corrected chi connectivity index (χ4v) is 1.92. The van der Waals surface area contributed by atoms with Crippen LogP contribution in [0.5, 0.6) is 0 Å². The quantitative estimate of drug-likeness (QED) is 0.527. The number of nitrogens with zero attached hydrogens (tertiary/aromatic N) is 1. The second-order valence-electron chi connectivity index (χ2n) is 3.63. The Balaban J connectivity index is 2.10. The average molecular weight is 229 g/mol. The maximum atomic E-state index is 11.4. The van der Waals surface area contributed by atoms with Crippen molar-refractivity contribution in [3.63, 3.8) is 0 Å². The molecule has 0 aromatic carbocycles. The Morgan fingerprint density at radius 3 is 2.56 bits per heavy atom. The number of amides is 2. The predicted molar refractivity (Wildman–Crippen MR) is 48.3 cm³/mol. The van der Waals surface area contributed by atoms with Crippen LogP contribution in [0.25, 0.3) is 0 Å². The van der Waals surface area contributed by atoms with Gasteiger partial charge >= 0.3 is 6.16 Å². The number of likely N-dealkylation sites (tertiary alicyclic amines) is 1. The molecule has 16 heavy (non-hydrogen) atoms. The molecule has 2 aliphatic heterocycles. The summed E-state index contributed by atoms with van der Waals surface area (Å²) < 4.78 is 9.77. The van der Waals surface area contributed by atoms with Crippen molar-refractivity contribution in [2.45, 2.75) is 31.6 Å². The SMILES string of the molecule is O=C(O)O[C@H]1CCOC1N1C(=O)CCC1=O. The van der Waals surface area contributed by atoms with E-state index in [2.05, 4.69) is 4.74 Å². The number of hydrogen-bond acceptors (Lipinski definition) is 5. The normalized spacial score (nSPS) is 29.9. The van der Waals surface area contributed by atoms with Gasteiger partial charge in [-0.1, -0.05) is 0 Å². The molecule has 2 heterocycles. The molecule has 0 spiro atoms. The van der Waals surface area contributed by atoms with Crippen LogP contribution in [0.3, 0.4) is 0 Å². The predicted octanol–water partition coefficient (Wildman–Crippen LogP) is -0.0550. The minimum Gasteiger partial charge on any atom is -0.450 e. The second-order valence-corrected chi connectivity index (χ2v) is 3.63. The number of hydrogen-bond donors (Lipinski definition) is 1. The minimum atomic E-state index is -1.43. The Hall–Kier alpha value is -1.63. The van der Waals surface area contributed by atoms with Gasteiger partial charge < -0.3 is 14.6 Å². The summed E-state index contributed by atoms with van der Waals surface area (Å²) in [6.45, 7) is 0.277. The zero-order valence-electron chi connectivity index (χ0n) is 8.42. The number of carbonyl (C=O) groups is 3. The Morgan fingerprint density at radius 1 is 1.38 bits per heavy atom. The third kappa shape index (κ3) is 1.85. The molecule has 2 aliphatic rings. The summed E-state index contributed by atoms with van der Waals surface area (Å²) in [6.07, 6.45) is -2.44. The van der Waals surface area contributed by atoms with Crippen molar-refractivity contribution in [1.82, 2.24) is 4.90 Å². The molecule has 2 atom stereocenters. The first kappa shape index (κ1) is 10.9. The largest absolute Gasteiger partial charge is 0.506 e. The minimum absolute atomic E-state index is 0.151. The van der Waals surface area contributed by atoms with E-state index in [0.717, 1.165) is 4.90 Å². The average Bonchev–Trinajstić information content (AvgIpc) is 2.74. The number of ether oxygens (including phenoxy) is 2. The highest BCUT2D eigenvalue weighted by Crippen LogP contribution is 2.25. The zero-order chi connectivity index (χ0) is 11.7. The van der Waals surface area contributed by atoms with E-state index in [9.17, 15) is 14.4 Å². The van der Waals surface area contributed by atoms with Gasteiger partial charge in [-0.05, 0) is 0 Å². The van der Waals surface area contributed by atoms with Gasteiger partial charge in [0, 0.05) is 19.3 Å². The van der Waals surface area contributed by atoms with Crippen LogP contribution in [0, 0.1) is 0 Å². The second kappa shape index (κ2) is 4.09. The van der Waals surface area contributed by atoms with Crippen molar-refractivity contribution in [3.8, 4) is 0 Å². The third-order valence-electron chi connectivity index (χ3n) is 2.61. The number of imide groups is 1. The highest BCUT2D eigenvalue weighted by Gasteiger charge is 2.44. The molecule has 2 amide bonds. The molecule has 0 bridgehead atoms. The van der Waals surface area contributed by atoms with Crippen molar-refractivity contribution < 1.29 is 29.0 Å². The maximum Gasteiger partial charge on any atom is 0.506 e. The van der Waals surface area contributed by atoms with Crippen LogP contribution in [-0.2, 0) is 19.1 Å². The standard InChI is InChI=1S/C9H11NO6/c11-6-1-2-7(12)10(6)8-5(3-4-15-8)16-9(13)14/h5,8H,1-4H2,(H,13,14)/t5-,8?/m0/s1. The molecular weight excluding hydrogens is 218 g/mol. The van der Waals surface area contributed by atoms with Crippen LogP contribution in [-0.4, -0.2) is 46.9 Å². The third-order valence-corrected chi connectivity index (χ3v) is 2.61. The van der Waals surface area contributed by atoms with Crippen molar-refractivity contribution in [1.29, 1.82) is 0 Å². The van der Waals surface area contributed by atoms with Gasteiger partial charge in [0.05, 0.1) is 6.61 Å². The van der Waals surface area contributed by atoms with Crippen LogP contribution >= 0.6 is 0 Å². The highest BCUT2D eigenvalue weighted by atomic mass is 16.7. The smallest absolute Gasteiger partial charge is 0.450 e. The number of carboxylic acid groups (broad SMARTS) is 1. The molecule has 0 radical (unpaired) electrons. The fourth-order valence-electron chi connectivity index (χ4n) is 1.92. The fraction of sp³-hybridized carbons (Fsp3) is 0.667. The van der Waals surface area contributed by atoms with Gasteiger partial charge in [0.15, 0.2) is 12.3 Å². The molecule has 0 aromatic heterocycles. The van der Waals surface area contributed by atoms with Crippen molar-refractivity contribution in [2.75, 3.05) is 6.61 Å². The molecule has 2 saturated heterocycles. The van der Waals surface area contributed by atoms with E-state index < -0.39 is 18.5 Å². The van der Waals surface area contributed by atoms with Gasteiger partial charge in [0.1, 0.15) is 0 Å². The molecule has 0 saturated carbocycles. The molecule has 2 rings (SSSR count). The first-order chi connectivity index (χ1) is 7.59. The summed E-state index contributed by atoms with van der Waals surface area (Å²) in [5, 5.41) is 8.50. The molecule has 1 N–H and O–H groups in total. The molecule has 0 aromatic rings. The van der Waals surface area contributed by atoms with E-state index in [-0.39, 0.29) is 31.3 Å². The summed E-state index contributed by atoms with van der Waals surface area (Å²) in [6, 6.07) is 0. The van der Waals surface area contributed by atoms with Gasteiger partial charge in [-0.25, -0.2) is 4.79 Å². The van der Waals surface area contributed by atoms with E-state index in [0.29, 0.717) is 6.42 Å². The lowest BCUT2D eigenvalue weighted by Crippen LogP contribution is -2.46. The number of rotatable bonds is 2. The lowest BCUT2D eigenvalue weighted by molar-refractivity contribution is -0.156. The van der Waals surface area contributed by atoms with Gasteiger partial charge in [-0.2, -0.15) is 0 Å². The monoisotopic (exact) mass is 229 g/mol. The summed E-state index contributed by atoms with van der Waals surface area (Å²) in [4.78, 5) is 34.2. The molecule has 1 unspecified atom stereocenters. The van der Waals surface area contributed by atoms with Crippen LogP contribution in [0.2, 0.25) is 0 Å². The summed E-state index contributed by atoms with van der Waals surface area (Å²) >= 11 is 0. The summed E-state index contributed by atoms with van der Waals surface area (Å²) in [7, 11) is 0. The number of carbonyl (C=O) groups excluding carboxylic acids is 2.